The van der Waals surface area contributed by atoms with Crippen LogP contribution in [0.3, 0.4) is 0 Å². The summed E-state index contributed by atoms with van der Waals surface area (Å²) in [4.78, 5) is 36.5. The summed E-state index contributed by atoms with van der Waals surface area (Å²) < 4.78 is 28.4. The molecule has 0 saturated heterocycles. The molecular weight excluding hydrogens is 358 g/mol. The fourth-order valence-electron chi connectivity index (χ4n) is 2.62. The Morgan fingerprint density at radius 1 is 0.889 bits per heavy atom. The van der Waals surface area contributed by atoms with E-state index in [1.807, 2.05) is 0 Å². The molecule has 0 amide bonds. The zero-order valence-electron chi connectivity index (χ0n) is 13.9. The molecule has 0 fully saturated rings. The second kappa shape index (κ2) is 7.36. The van der Waals surface area contributed by atoms with Crippen LogP contribution in [-0.2, 0) is 11.2 Å². The summed E-state index contributed by atoms with van der Waals surface area (Å²) in [5, 5.41) is 8.89. The van der Waals surface area contributed by atoms with Crippen molar-refractivity contribution < 1.29 is 18.7 Å². The van der Waals surface area contributed by atoms with Crippen molar-refractivity contribution in [1.29, 1.82) is 0 Å². The van der Waals surface area contributed by atoms with Crippen LogP contribution in [-0.4, -0.2) is 20.2 Å². The van der Waals surface area contributed by atoms with E-state index in [9.17, 15) is 23.2 Å². The lowest BCUT2D eigenvalue weighted by atomic mass is 10.2. The third-order valence-corrected chi connectivity index (χ3v) is 3.96. The molecule has 0 bridgehead atoms. The Bertz CT molecular complexity index is 1100. The van der Waals surface area contributed by atoms with E-state index in [1.54, 1.807) is 0 Å². The third-order valence-electron chi connectivity index (χ3n) is 3.96. The molecule has 1 N–H and O–H groups in total. The molecule has 0 atom stereocenters. The van der Waals surface area contributed by atoms with Gasteiger partial charge in [-0.05, 0) is 55.0 Å². The van der Waals surface area contributed by atoms with Crippen molar-refractivity contribution >= 4 is 5.97 Å². The Morgan fingerprint density at radius 3 is 1.93 bits per heavy atom. The Morgan fingerprint density at radius 2 is 1.41 bits per heavy atom. The minimum atomic E-state index is -1.10. The van der Waals surface area contributed by atoms with Crippen molar-refractivity contribution in [3.63, 3.8) is 0 Å². The normalized spacial score (nSPS) is 10.7. The summed E-state index contributed by atoms with van der Waals surface area (Å²) in [6.07, 6.45) is 0.845. The first-order valence-electron chi connectivity index (χ1n) is 7.98. The number of rotatable bonds is 5. The topological polar surface area (TPSA) is 81.3 Å². The quantitative estimate of drug-likeness (QED) is 0.745. The van der Waals surface area contributed by atoms with Gasteiger partial charge in [0.1, 0.15) is 11.6 Å². The molecule has 0 unspecified atom stereocenters. The smallest absolute Gasteiger partial charge is 0.340 e. The molecule has 0 aliphatic rings. The molecule has 0 aliphatic heterocycles. The van der Waals surface area contributed by atoms with Crippen LogP contribution in [0.2, 0.25) is 0 Å². The van der Waals surface area contributed by atoms with Gasteiger partial charge < -0.3 is 5.11 Å². The van der Waals surface area contributed by atoms with Crippen LogP contribution in [0.1, 0.15) is 12.0 Å². The van der Waals surface area contributed by atoms with E-state index in [2.05, 4.69) is 0 Å². The molecule has 138 valence electrons. The van der Waals surface area contributed by atoms with Crippen LogP contribution < -0.4 is 11.2 Å². The van der Waals surface area contributed by atoms with Gasteiger partial charge in [-0.2, -0.15) is 0 Å². The van der Waals surface area contributed by atoms with Crippen LogP contribution >= 0.6 is 0 Å². The van der Waals surface area contributed by atoms with Gasteiger partial charge in [0, 0.05) is 18.2 Å². The van der Waals surface area contributed by atoms with Gasteiger partial charge in [-0.15, -0.1) is 0 Å². The standard InChI is InChI=1S/C19H14F2N2O4/c20-13-2-6-15(7-3-13)22-11-12(1-10-17(24)25)18(26)23(19(22)27)16-8-4-14(21)5-9-16/h2-9,11H,1,10H2,(H,24,25). The summed E-state index contributed by atoms with van der Waals surface area (Å²) in [6.45, 7) is 0. The largest absolute Gasteiger partial charge is 0.481 e. The SMILES string of the molecule is O=C(O)CCc1cn(-c2ccc(F)cc2)c(=O)n(-c2ccc(F)cc2)c1=O. The second-order valence-corrected chi connectivity index (χ2v) is 5.79. The number of hydrogen-bond acceptors (Lipinski definition) is 3. The number of carbonyl (C=O) groups is 1. The van der Waals surface area contributed by atoms with Gasteiger partial charge in [0.25, 0.3) is 5.56 Å². The van der Waals surface area contributed by atoms with Crippen molar-refractivity contribution in [2.24, 2.45) is 0 Å². The minimum absolute atomic E-state index is 0.0886. The number of halogens is 2. The number of carboxylic acids is 1. The zero-order chi connectivity index (χ0) is 19.6. The van der Waals surface area contributed by atoms with Gasteiger partial charge in [0.2, 0.25) is 0 Å². The molecule has 8 heteroatoms. The van der Waals surface area contributed by atoms with Crippen molar-refractivity contribution in [1.82, 2.24) is 9.13 Å². The molecule has 0 saturated carbocycles. The number of nitrogens with zero attached hydrogens (tertiary/aromatic N) is 2. The number of hydrogen-bond donors (Lipinski definition) is 1. The van der Waals surface area contributed by atoms with Crippen LogP contribution in [0.15, 0.2) is 64.3 Å². The lowest BCUT2D eigenvalue weighted by Gasteiger charge is -2.13. The molecule has 1 aromatic heterocycles. The highest BCUT2D eigenvalue weighted by molar-refractivity contribution is 5.67. The molecule has 2 aromatic carbocycles. The molecule has 3 rings (SSSR count). The van der Waals surface area contributed by atoms with Crippen molar-refractivity contribution in [3.8, 4) is 11.4 Å². The molecule has 27 heavy (non-hydrogen) atoms. The summed E-state index contributed by atoms with van der Waals surface area (Å²) in [5.74, 6) is -2.13. The van der Waals surface area contributed by atoms with E-state index >= 15 is 0 Å². The first-order chi connectivity index (χ1) is 12.9. The number of aryl methyl sites for hydroxylation is 1. The Labute approximate surface area is 151 Å². The average molecular weight is 372 g/mol. The molecule has 0 spiro atoms. The predicted molar refractivity (Wildman–Crippen MR) is 93.5 cm³/mol. The molecule has 0 radical (unpaired) electrons. The summed E-state index contributed by atoms with van der Waals surface area (Å²) in [6, 6.07) is 9.79. The van der Waals surface area contributed by atoms with Crippen LogP contribution in [0.25, 0.3) is 11.4 Å². The number of carboxylic acid groups (broad SMARTS) is 1. The van der Waals surface area contributed by atoms with Gasteiger partial charge >= 0.3 is 11.7 Å². The molecule has 0 aliphatic carbocycles. The first-order valence-corrected chi connectivity index (χ1v) is 7.98. The average Bonchev–Trinajstić information content (AvgIpc) is 2.63. The van der Waals surface area contributed by atoms with E-state index in [0.29, 0.717) is 5.69 Å². The van der Waals surface area contributed by atoms with Gasteiger partial charge in [-0.1, -0.05) is 0 Å². The van der Waals surface area contributed by atoms with Crippen LogP contribution in [0.4, 0.5) is 8.78 Å². The molecular formula is C19H14F2N2O4. The minimum Gasteiger partial charge on any atom is -0.481 e. The van der Waals surface area contributed by atoms with E-state index in [0.717, 1.165) is 33.4 Å². The highest BCUT2D eigenvalue weighted by Crippen LogP contribution is 2.10. The van der Waals surface area contributed by atoms with E-state index < -0.39 is 28.9 Å². The van der Waals surface area contributed by atoms with Crippen molar-refractivity contribution in [2.45, 2.75) is 12.8 Å². The van der Waals surface area contributed by atoms with E-state index in [4.69, 9.17) is 5.11 Å². The van der Waals surface area contributed by atoms with Crippen LogP contribution in [0.5, 0.6) is 0 Å². The lowest BCUT2D eigenvalue weighted by Crippen LogP contribution is -2.39. The first kappa shape index (κ1) is 18.2. The fraction of sp³-hybridized carbons (Fsp3) is 0.105. The number of aromatic nitrogens is 2. The van der Waals surface area contributed by atoms with E-state index in [1.165, 1.54) is 30.5 Å². The summed E-state index contributed by atoms with van der Waals surface area (Å²) in [7, 11) is 0. The predicted octanol–water partition coefficient (Wildman–Crippen LogP) is 2.28. The van der Waals surface area contributed by atoms with E-state index in [-0.39, 0.29) is 24.1 Å². The maximum atomic E-state index is 13.2. The monoisotopic (exact) mass is 372 g/mol. The maximum absolute atomic E-state index is 13.2. The zero-order valence-corrected chi connectivity index (χ0v) is 13.9. The second-order valence-electron chi connectivity index (χ2n) is 5.79. The van der Waals surface area contributed by atoms with Crippen molar-refractivity contribution in [2.75, 3.05) is 0 Å². The Kier molecular flexibility index (Phi) is 4.98. The highest BCUT2D eigenvalue weighted by atomic mass is 19.1. The van der Waals surface area contributed by atoms with Crippen molar-refractivity contribution in [3.05, 3.63) is 92.8 Å². The Hall–Kier alpha value is -3.55. The summed E-state index contributed by atoms with van der Waals surface area (Å²) in [5.41, 5.74) is -0.901. The third kappa shape index (κ3) is 3.84. The maximum Gasteiger partial charge on any atom is 0.340 e. The lowest BCUT2D eigenvalue weighted by molar-refractivity contribution is -0.136. The molecule has 1 heterocycles. The van der Waals surface area contributed by atoms with Crippen LogP contribution in [0, 0.1) is 11.6 Å². The fourth-order valence-corrected chi connectivity index (χ4v) is 2.62. The van der Waals surface area contributed by atoms with Gasteiger partial charge in [-0.25, -0.2) is 18.1 Å². The Balaban J connectivity index is 2.25. The number of benzene rings is 2. The highest BCUT2D eigenvalue weighted by Gasteiger charge is 2.15. The summed E-state index contributed by atoms with van der Waals surface area (Å²) >= 11 is 0. The number of aliphatic carboxylic acids is 1. The van der Waals surface area contributed by atoms with Gasteiger partial charge in [-0.3, -0.25) is 14.2 Å². The van der Waals surface area contributed by atoms with Gasteiger partial charge in [0.05, 0.1) is 11.4 Å². The molecule has 3 aromatic rings. The van der Waals surface area contributed by atoms with Gasteiger partial charge in [0.15, 0.2) is 0 Å². The molecule has 6 nitrogen and oxygen atoms in total.